The molecule has 4 rings (SSSR count). The Labute approximate surface area is 163 Å². The number of ketones is 1. The first-order valence-corrected chi connectivity index (χ1v) is 8.86. The summed E-state index contributed by atoms with van der Waals surface area (Å²) in [6, 6.07) is 2.47. The van der Waals surface area contributed by atoms with E-state index in [1.54, 1.807) is 0 Å². The number of carbonyl (C=O) groups is 1. The van der Waals surface area contributed by atoms with Gasteiger partial charge in [-0.3, -0.25) is 19.8 Å². The minimum Gasteiger partial charge on any atom is -0.304 e. The van der Waals surface area contributed by atoms with E-state index in [1.807, 2.05) is 7.05 Å². The molecule has 1 aromatic heterocycles. The molecule has 29 heavy (non-hydrogen) atoms. The molecule has 0 atom stereocenters. The first-order chi connectivity index (χ1) is 13.6. The highest BCUT2D eigenvalue weighted by Gasteiger charge is 2.39. The van der Waals surface area contributed by atoms with Gasteiger partial charge in [-0.05, 0) is 12.6 Å². The Balaban J connectivity index is 1.81. The van der Waals surface area contributed by atoms with Gasteiger partial charge in [-0.1, -0.05) is 0 Å². The van der Waals surface area contributed by atoms with Gasteiger partial charge in [0.1, 0.15) is 5.69 Å². The normalized spacial score (nSPS) is 17.3. The Morgan fingerprint density at radius 1 is 1.17 bits per heavy atom. The Kier molecular flexibility index (Phi) is 4.58. The van der Waals surface area contributed by atoms with Crippen LogP contribution in [0.2, 0.25) is 0 Å². The molecular formula is C18H16F3N5O3. The van der Waals surface area contributed by atoms with Gasteiger partial charge in [0.05, 0.1) is 4.92 Å². The third-order valence-electron chi connectivity index (χ3n) is 5.18. The van der Waals surface area contributed by atoms with E-state index in [4.69, 9.17) is 0 Å². The second-order valence-corrected chi connectivity index (χ2v) is 7.15. The van der Waals surface area contributed by atoms with Gasteiger partial charge in [-0.25, -0.2) is 9.97 Å². The molecule has 11 heteroatoms. The number of likely N-dealkylation sites (N-methyl/N-ethyl adjacent to an activating group) is 1. The number of nitro groups is 1. The van der Waals surface area contributed by atoms with Crippen molar-refractivity contribution < 1.29 is 22.9 Å². The Morgan fingerprint density at radius 2 is 1.86 bits per heavy atom. The molecular weight excluding hydrogens is 391 g/mol. The van der Waals surface area contributed by atoms with E-state index in [9.17, 15) is 28.1 Å². The summed E-state index contributed by atoms with van der Waals surface area (Å²) in [6.45, 7) is 3.46. The van der Waals surface area contributed by atoms with Crippen LogP contribution >= 0.6 is 0 Å². The van der Waals surface area contributed by atoms with Crippen molar-refractivity contribution in [2.75, 3.05) is 33.2 Å². The number of rotatable bonds is 3. The van der Waals surface area contributed by atoms with Crippen LogP contribution in [0, 0.1) is 10.1 Å². The van der Waals surface area contributed by atoms with Gasteiger partial charge in [0, 0.05) is 67.7 Å². The van der Waals surface area contributed by atoms with Gasteiger partial charge in [0.15, 0.2) is 0 Å². The summed E-state index contributed by atoms with van der Waals surface area (Å²) >= 11 is 0. The van der Waals surface area contributed by atoms with Crippen molar-refractivity contribution in [3.05, 3.63) is 51.1 Å². The Morgan fingerprint density at radius 3 is 2.48 bits per heavy atom. The van der Waals surface area contributed by atoms with Crippen LogP contribution in [0.25, 0.3) is 11.1 Å². The molecule has 1 saturated heterocycles. The minimum absolute atomic E-state index is 0.00745. The van der Waals surface area contributed by atoms with E-state index in [1.165, 1.54) is 6.07 Å². The van der Waals surface area contributed by atoms with Crippen LogP contribution in [-0.2, 0) is 12.7 Å². The van der Waals surface area contributed by atoms with Crippen LogP contribution in [-0.4, -0.2) is 63.7 Å². The highest BCUT2D eigenvalue weighted by atomic mass is 19.4. The molecule has 0 spiro atoms. The van der Waals surface area contributed by atoms with Crippen LogP contribution in [0.1, 0.15) is 27.4 Å². The average molecular weight is 407 g/mol. The Hall–Kier alpha value is -2.92. The molecule has 2 aliphatic rings. The molecule has 1 aliphatic heterocycles. The number of non-ortho nitro benzene ring substituents is 1. The molecule has 2 heterocycles. The molecule has 8 nitrogen and oxygen atoms in total. The molecule has 1 aromatic carbocycles. The molecule has 0 N–H and O–H groups in total. The second-order valence-electron chi connectivity index (χ2n) is 7.15. The number of fused-ring (bicyclic) bond motifs is 3. The van der Waals surface area contributed by atoms with E-state index >= 15 is 0 Å². The van der Waals surface area contributed by atoms with Crippen molar-refractivity contribution in [2.24, 2.45) is 0 Å². The van der Waals surface area contributed by atoms with E-state index in [-0.39, 0.29) is 22.5 Å². The van der Waals surface area contributed by atoms with Gasteiger partial charge < -0.3 is 4.90 Å². The summed E-state index contributed by atoms with van der Waals surface area (Å²) < 4.78 is 38.9. The standard InChI is InChI=1S/C18H16F3N5O3/c1-24-2-4-25(5-3-24)9-10-6-11(26(28)29)7-12-14(10)13-8-22-17(18(19,20)21)23-15(13)16(12)27/h6-8H,2-5,9H2,1H3. The lowest BCUT2D eigenvalue weighted by Gasteiger charge is -2.32. The number of piperazine rings is 1. The van der Waals surface area contributed by atoms with Crippen LogP contribution < -0.4 is 0 Å². The first kappa shape index (κ1) is 19.4. The fourth-order valence-corrected chi connectivity index (χ4v) is 3.66. The molecule has 2 aromatic rings. The van der Waals surface area contributed by atoms with Crippen molar-refractivity contribution in [2.45, 2.75) is 12.7 Å². The van der Waals surface area contributed by atoms with Crippen LogP contribution in [0.5, 0.6) is 0 Å². The number of nitro benzene ring substituents is 1. The quantitative estimate of drug-likeness (QED) is 0.486. The van der Waals surface area contributed by atoms with E-state index in [0.717, 1.165) is 38.4 Å². The molecule has 152 valence electrons. The highest BCUT2D eigenvalue weighted by Crippen LogP contribution is 2.41. The van der Waals surface area contributed by atoms with Crippen LogP contribution in [0.4, 0.5) is 18.9 Å². The van der Waals surface area contributed by atoms with Gasteiger partial charge in [0.2, 0.25) is 11.6 Å². The van der Waals surface area contributed by atoms with Gasteiger partial charge >= 0.3 is 6.18 Å². The molecule has 1 fully saturated rings. The van der Waals surface area contributed by atoms with Crippen molar-refractivity contribution in [3.8, 4) is 11.1 Å². The molecule has 0 saturated carbocycles. The monoisotopic (exact) mass is 407 g/mol. The van der Waals surface area contributed by atoms with Crippen LogP contribution in [0.15, 0.2) is 18.3 Å². The zero-order chi connectivity index (χ0) is 20.9. The molecule has 0 amide bonds. The van der Waals surface area contributed by atoms with E-state index in [2.05, 4.69) is 19.8 Å². The smallest absolute Gasteiger partial charge is 0.304 e. The van der Waals surface area contributed by atoms with Gasteiger partial charge in [-0.2, -0.15) is 13.2 Å². The number of carbonyl (C=O) groups excluding carboxylic acids is 1. The Bertz CT molecular complexity index is 1020. The molecule has 0 bridgehead atoms. The summed E-state index contributed by atoms with van der Waals surface area (Å²) in [5, 5.41) is 11.4. The zero-order valence-electron chi connectivity index (χ0n) is 15.4. The second kappa shape index (κ2) is 6.85. The van der Waals surface area contributed by atoms with E-state index < -0.39 is 22.7 Å². The van der Waals surface area contributed by atoms with Crippen molar-refractivity contribution >= 4 is 11.5 Å². The molecule has 1 aliphatic carbocycles. The summed E-state index contributed by atoms with van der Waals surface area (Å²) in [4.78, 5) is 34.5. The number of hydrogen-bond donors (Lipinski definition) is 0. The number of hydrogen-bond acceptors (Lipinski definition) is 7. The fraction of sp³-hybridized carbons (Fsp3) is 0.389. The maximum Gasteiger partial charge on any atom is 0.451 e. The lowest BCUT2D eigenvalue weighted by Crippen LogP contribution is -2.43. The number of halogens is 3. The van der Waals surface area contributed by atoms with Crippen molar-refractivity contribution in [3.63, 3.8) is 0 Å². The summed E-state index contributed by atoms with van der Waals surface area (Å²) in [5.74, 6) is -2.17. The predicted octanol–water partition coefficient (Wildman–Crippen LogP) is 2.36. The van der Waals surface area contributed by atoms with Gasteiger partial charge in [-0.15, -0.1) is 0 Å². The summed E-state index contributed by atoms with van der Waals surface area (Å²) in [6.07, 6.45) is -3.81. The number of benzene rings is 1. The topological polar surface area (TPSA) is 92.5 Å². The van der Waals surface area contributed by atoms with Crippen LogP contribution in [0.3, 0.4) is 0 Å². The first-order valence-electron chi connectivity index (χ1n) is 8.86. The average Bonchev–Trinajstić information content (AvgIpc) is 2.95. The van der Waals surface area contributed by atoms with Gasteiger partial charge in [0.25, 0.3) is 5.69 Å². The van der Waals surface area contributed by atoms with Crippen molar-refractivity contribution in [1.29, 1.82) is 0 Å². The zero-order valence-corrected chi connectivity index (χ0v) is 15.4. The lowest BCUT2D eigenvalue weighted by molar-refractivity contribution is -0.384. The predicted molar refractivity (Wildman–Crippen MR) is 95.3 cm³/mol. The molecule has 0 radical (unpaired) electrons. The number of aromatic nitrogens is 2. The number of nitrogens with zero attached hydrogens (tertiary/aromatic N) is 5. The fourth-order valence-electron chi connectivity index (χ4n) is 3.66. The largest absolute Gasteiger partial charge is 0.451 e. The highest BCUT2D eigenvalue weighted by molar-refractivity contribution is 6.21. The minimum atomic E-state index is -4.79. The molecule has 0 unspecified atom stereocenters. The maximum atomic E-state index is 13.0. The summed E-state index contributed by atoms with van der Waals surface area (Å²) in [5.41, 5.74) is 0.405. The third-order valence-corrected chi connectivity index (χ3v) is 5.18. The SMILES string of the molecule is CN1CCN(Cc2cc([N+](=O)[O-])cc3c2-c2cnc(C(F)(F)F)nc2C3=O)CC1. The number of alkyl halides is 3. The lowest BCUT2D eigenvalue weighted by atomic mass is 9.98. The third kappa shape index (κ3) is 3.47. The van der Waals surface area contributed by atoms with Crippen molar-refractivity contribution in [1.82, 2.24) is 19.8 Å². The summed E-state index contributed by atoms with van der Waals surface area (Å²) in [7, 11) is 1.99. The van der Waals surface area contributed by atoms with E-state index in [0.29, 0.717) is 17.7 Å². The maximum absolute atomic E-state index is 13.0.